The first kappa shape index (κ1) is 14.1. The Bertz CT molecular complexity index is 624. The van der Waals surface area contributed by atoms with Gasteiger partial charge in [-0.15, -0.1) is 0 Å². The molecule has 1 aromatic heterocycles. The van der Waals surface area contributed by atoms with Gasteiger partial charge in [0.1, 0.15) is 6.54 Å². The van der Waals surface area contributed by atoms with Crippen molar-refractivity contribution in [3.8, 4) is 0 Å². The number of rotatable bonds is 4. The Kier molecular flexibility index (Phi) is 4.36. The summed E-state index contributed by atoms with van der Waals surface area (Å²) < 4.78 is 2.14. The van der Waals surface area contributed by atoms with Gasteiger partial charge in [-0.2, -0.15) is 5.10 Å². The second-order valence-corrected chi connectivity index (χ2v) is 4.82. The van der Waals surface area contributed by atoms with Crippen LogP contribution in [0.5, 0.6) is 0 Å². The van der Waals surface area contributed by atoms with Crippen molar-refractivity contribution in [3.63, 3.8) is 0 Å². The summed E-state index contributed by atoms with van der Waals surface area (Å²) in [6.45, 7) is -0.254. The number of hydrogen-bond acceptors (Lipinski definition) is 3. The van der Waals surface area contributed by atoms with Crippen molar-refractivity contribution in [1.82, 2.24) is 9.78 Å². The van der Waals surface area contributed by atoms with Gasteiger partial charge in [0.25, 0.3) is 0 Å². The highest BCUT2D eigenvalue weighted by atomic mass is 79.9. The van der Waals surface area contributed by atoms with Crippen LogP contribution in [0.3, 0.4) is 0 Å². The van der Waals surface area contributed by atoms with Crippen LogP contribution < -0.4 is 10.6 Å². The number of aliphatic carboxylic acids is 1. The van der Waals surface area contributed by atoms with E-state index >= 15 is 0 Å². The van der Waals surface area contributed by atoms with E-state index in [1.165, 1.54) is 17.1 Å². The van der Waals surface area contributed by atoms with Crippen LogP contribution in [0.25, 0.3) is 0 Å². The van der Waals surface area contributed by atoms with E-state index in [4.69, 9.17) is 5.11 Å². The molecule has 0 atom stereocenters. The average Bonchev–Trinajstić information content (AvgIpc) is 2.78. The minimum absolute atomic E-state index is 0.254. The van der Waals surface area contributed by atoms with Crippen molar-refractivity contribution < 1.29 is 14.7 Å². The lowest BCUT2D eigenvalue weighted by atomic mass is 10.3. The van der Waals surface area contributed by atoms with Gasteiger partial charge in [0, 0.05) is 16.4 Å². The number of hydrogen-bond donors (Lipinski definition) is 3. The lowest BCUT2D eigenvalue weighted by Crippen LogP contribution is -2.19. The lowest BCUT2D eigenvalue weighted by molar-refractivity contribution is -0.137. The van der Waals surface area contributed by atoms with E-state index in [2.05, 4.69) is 31.7 Å². The van der Waals surface area contributed by atoms with Crippen LogP contribution in [-0.2, 0) is 11.3 Å². The number of nitrogens with zero attached hydrogens (tertiary/aromatic N) is 2. The number of nitrogens with one attached hydrogen (secondary N) is 2. The summed E-state index contributed by atoms with van der Waals surface area (Å²) in [6, 6.07) is 6.68. The predicted molar refractivity (Wildman–Crippen MR) is 76.6 cm³/mol. The van der Waals surface area contributed by atoms with Gasteiger partial charge in [-0.25, -0.2) is 4.79 Å². The summed E-state index contributed by atoms with van der Waals surface area (Å²) >= 11 is 3.30. The molecule has 20 heavy (non-hydrogen) atoms. The highest BCUT2D eigenvalue weighted by molar-refractivity contribution is 9.10. The van der Waals surface area contributed by atoms with Crippen molar-refractivity contribution >= 4 is 39.3 Å². The highest BCUT2D eigenvalue weighted by Crippen LogP contribution is 2.14. The van der Waals surface area contributed by atoms with Gasteiger partial charge in [0.2, 0.25) is 0 Å². The third-order valence-electron chi connectivity index (χ3n) is 2.29. The number of anilines is 2. The molecule has 1 aromatic carbocycles. The zero-order chi connectivity index (χ0) is 14.5. The fourth-order valence-corrected chi connectivity index (χ4v) is 1.74. The molecule has 7 nitrogen and oxygen atoms in total. The maximum atomic E-state index is 11.7. The van der Waals surface area contributed by atoms with E-state index in [0.717, 1.165) is 4.47 Å². The van der Waals surface area contributed by atoms with Crippen molar-refractivity contribution in [1.29, 1.82) is 0 Å². The molecule has 0 aliphatic rings. The van der Waals surface area contributed by atoms with E-state index in [0.29, 0.717) is 11.4 Å². The molecule has 0 saturated carbocycles. The Morgan fingerprint density at radius 2 is 1.85 bits per heavy atom. The molecule has 0 unspecified atom stereocenters. The predicted octanol–water partition coefficient (Wildman–Crippen LogP) is 2.37. The van der Waals surface area contributed by atoms with Crippen LogP contribution in [0.2, 0.25) is 0 Å². The number of carbonyl (C=O) groups is 2. The maximum absolute atomic E-state index is 11.7. The van der Waals surface area contributed by atoms with E-state index in [1.807, 2.05) is 0 Å². The van der Waals surface area contributed by atoms with Crippen molar-refractivity contribution in [2.24, 2.45) is 0 Å². The second kappa shape index (κ2) is 6.20. The third-order valence-corrected chi connectivity index (χ3v) is 2.82. The van der Waals surface area contributed by atoms with Gasteiger partial charge in [0.05, 0.1) is 11.9 Å². The maximum Gasteiger partial charge on any atom is 0.325 e. The first-order valence-corrected chi connectivity index (χ1v) is 6.40. The summed E-state index contributed by atoms with van der Waals surface area (Å²) in [7, 11) is 0. The molecule has 0 aliphatic carbocycles. The molecular formula is C12H11BrN4O3. The number of amides is 2. The minimum Gasteiger partial charge on any atom is -0.480 e. The summed E-state index contributed by atoms with van der Waals surface area (Å²) in [5, 5.41) is 17.6. The largest absolute Gasteiger partial charge is 0.480 e. The van der Waals surface area contributed by atoms with Crippen LogP contribution >= 0.6 is 15.9 Å². The van der Waals surface area contributed by atoms with Crippen LogP contribution in [0.4, 0.5) is 16.2 Å². The standard InChI is InChI=1S/C12H11BrN4O3/c13-8-1-3-9(4-2-8)15-12(20)16-10-5-14-17(6-10)7-11(18)19/h1-6H,7H2,(H,18,19)(H2,15,16,20). The molecule has 0 radical (unpaired) electrons. The fraction of sp³-hybridized carbons (Fsp3) is 0.0833. The topological polar surface area (TPSA) is 96.2 Å². The molecule has 8 heteroatoms. The van der Waals surface area contributed by atoms with Crippen LogP contribution in [0.15, 0.2) is 41.1 Å². The highest BCUT2D eigenvalue weighted by Gasteiger charge is 2.06. The number of urea groups is 1. The molecular weight excluding hydrogens is 328 g/mol. The molecule has 0 aliphatic heterocycles. The number of carboxylic acids is 1. The average molecular weight is 339 g/mol. The zero-order valence-corrected chi connectivity index (χ0v) is 11.8. The van der Waals surface area contributed by atoms with Gasteiger partial charge < -0.3 is 15.7 Å². The molecule has 0 fully saturated rings. The lowest BCUT2D eigenvalue weighted by Gasteiger charge is -2.05. The van der Waals surface area contributed by atoms with E-state index in [-0.39, 0.29) is 6.54 Å². The minimum atomic E-state index is -1.00. The van der Waals surface area contributed by atoms with Gasteiger partial charge in [-0.1, -0.05) is 15.9 Å². The Morgan fingerprint density at radius 3 is 2.50 bits per heavy atom. The van der Waals surface area contributed by atoms with Crippen LogP contribution in [0, 0.1) is 0 Å². The summed E-state index contributed by atoms with van der Waals surface area (Å²) in [4.78, 5) is 22.2. The fourth-order valence-electron chi connectivity index (χ4n) is 1.48. The van der Waals surface area contributed by atoms with Gasteiger partial charge in [-0.05, 0) is 24.3 Å². The van der Waals surface area contributed by atoms with E-state index in [1.54, 1.807) is 24.3 Å². The van der Waals surface area contributed by atoms with Gasteiger partial charge in [-0.3, -0.25) is 9.48 Å². The van der Waals surface area contributed by atoms with Crippen molar-refractivity contribution in [2.75, 3.05) is 10.6 Å². The Hall–Kier alpha value is -2.35. The molecule has 2 rings (SSSR count). The molecule has 104 valence electrons. The zero-order valence-electron chi connectivity index (χ0n) is 10.2. The van der Waals surface area contributed by atoms with Crippen LogP contribution in [-0.4, -0.2) is 26.9 Å². The Balaban J connectivity index is 1.92. The summed E-state index contributed by atoms with van der Waals surface area (Å²) in [6.07, 6.45) is 2.82. The quantitative estimate of drug-likeness (QED) is 0.797. The molecule has 2 aromatic rings. The molecule has 1 heterocycles. The first-order valence-electron chi connectivity index (χ1n) is 5.61. The number of carboxylic acid groups (broad SMARTS) is 1. The normalized spacial score (nSPS) is 10.1. The molecule has 0 bridgehead atoms. The first-order chi connectivity index (χ1) is 9.52. The molecule has 2 amide bonds. The smallest absolute Gasteiger partial charge is 0.325 e. The van der Waals surface area contributed by atoms with Gasteiger partial charge in [0.15, 0.2) is 0 Å². The SMILES string of the molecule is O=C(O)Cn1cc(NC(=O)Nc2ccc(Br)cc2)cn1. The summed E-state index contributed by atoms with van der Waals surface area (Å²) in [5.41, 5.74) is 1.06. The Morgan fingerprint density at radius 1 is 1.20 bits per heavy atom. The number of carbonyl (C=O) groups excluding carboxylic acids is 1. The second-order valence-electron chi connectivity index (χ2n) is 3.91. The van der Waals surface area contributed by atoms with Crippen molar-refractivity contribution in [3.05, 3.63) is 41.1 Å². The number of halogens is 1. The van der Waals surface area contributed by atoms with E-state index in [9.17, 15) is 9.59 Å². The van der Waals surface area contributed by atoms with E-state index < -0.39 is 12.0 Å². The third kappa shape index (κ3) is 4.09. The number of aromatic nitrogens is 2. The van der Waals surface area contributed by atoms with Crippen LogP contribution in [0.1, 0.15) is 0 Å². The molecule has 3 N–H and O–H groups in total. The molecule has 0 spiro atoms. The van der Waals surface area contributed by atoms with Gasteiger partial charge >= 0.3 is 12.0 Å². The van der Waals surface area contributed by atoms with Crippen molar-refractivity contribution in [2.45, 2.75) is 6.54 Å². The number of benzene rings is 1. The monoisotopic (exact) mass is 338 g/mol. The Labute approximate surface area is 122 Å². The molecule has 0 saturated heterocycles. The summed E-state index contributed by atoms with van der Waals surface area (Å²) in [5.74, 6) is -1.00.